The summed E-state index contributed by atoms with van der Waals surface area (Å²) in [4.78, 5) is 0. The van der Waals surface area contributed by atoms with E-state index in [1.54, 1.807) is 0 Å². The minimum absolute atomic E-state index is 0.105. The van der Waals surface area contributed by atoms with Crippen molar-refractivity contribution in [2.45, 2.75) is 38.8 Å². The maximum atomic E-state index is 11.3. The van der Waals surface area contributed by atoms with Crippen LogP contribution in [0.4, 0.5) is 0 Å². The second kappa shape index (κ2) is 4.32. The Labute approximate surface area is 90.3 Å². The van der Waals surface area contributed by atoms with Gasteiger partial charge < -0.3 is 0 Å². The zero-order chi connectivity index (χ0) is 11.6. The minimum atomic E-state index is -3.67. The molecule has 2 N–H and O–H groups in total. The third-order valence-electron chi connectivity index (χ3n) is 1.99. The van der Waals surface area contributed by atoms with Crippen LogP contribution >= 0.6 is 0 Å². The van der Waals surface area contributed by atoms with Crippen LogP contribution in [0.2, 0.25) is 0 Å². The number of hydrogen-bond acceptors (Lipinski definition) is 3. The molecule has 0 radical (unpaired) electrons. The van der Waals surface area contributed by atoms with Crippen LogP contribution in [0.25, 0.3) is 0 Å². The molecule has 15 heavy (non-hydrogen) atoms. The van der Waals surface area contributed by atoms with Crippen molar-refractivity contribution in [3.63, 3.8) is 0 Å². The first kappa shape index (κ1) is 12.2. The lowest BCUT2D eigenvalue weighted by molar-refractivity contribution is 0.447. The van der Waals surface area contributed by atoms with Crippen LogP contribution in [0, 0.1) is 5.92 Å². The van der Waals surface area contributed by atoms with E-state index >= 15 is 0 Å². The van der Waals surface area contributed by atoms with Crippen LogP contribution < -0.4 is 5.14 Å². The van der Waals surface area contributed by atoms with Crippen molar-refractivity contribution >= 4 is 10.0 Å². The van der Waals surface area contributed by atoms with E-state index in [1.165, 1.54) is 10.7 Å². The van der Waals surface area contributed by atoms with Gasteiger partial charge in [-0.15, -0.1) is 0 Å². The second-order valence-corrected chi connectivity index (χ2v) is 5.46. The molecule has 0 saturated carbocycles. The first-order chi connectivity index (χ1) is 6.84. The molecule has 0 saturated heterocycles. The quantitative estimate of drug-likeness (QED) is 0.830. The van der Waals surface area contributed by atoms with E-state index in [9.17, 15) is 8.42 Å². The summed E-state index contributed by atoms with van der Waals surface area (Å²) in [6.07, 6.45) is 0.702. The highest BCUT2D eigenvalue weighted by molar-refractivity contribution is 7.89. The molecule has 0 atom stereocenters. The predicted octanol–water partition coefficient (Wildman–Crippen LogP) is 0.749. The van der Waals surface area contributed by atoms with Gasteiger partial charge in [-0.05, 0) is 18.4 Å². The van der Waals surface area contributed by atoms with Gasteiger partial charge in [0, 0.05) is 6.54 Å². The van der Waals surface area contributed by atoms with Gasteiger partial charge in [0.15, 0.2) is 5.03 Å². The lowest BCUT2D eigenvalue weighted by Gasteiger charge is -2.07. The fraction of sp³-hybridized carbons (Fsp3) is 0.667. The van der Waals surface area contributed by atoms with Crippen molar-refractivity contribution in [3.05, 3.63) is 11.8 Å². The number of aryl methyl sites for hydroxylation is 1. The van der Waals surface area contributed by atoms with Gasteiger partial charge >= 0.3 is 0 Å². The molecular weight excluding hydrogens is 214 g/mol. The monoisotopic (exact) mass is 231 g/mol. The lowest BCUT2D eigenvalue weighted by atomic mass is 10.2. The fourth-order valence-electron chi connectivity index (χ4n) is 1.33. The molecule has 0 fully saturated rings. The highest BCUT2D eigenvalue weighted by Gasteiger charge is 2.17. The Morgan fingerprint density at radius 3 is 2.53 bits per heavy atom. The van der Waals surface area contributed by atoms with Gasteiger partial charge in [-0.2, -0.15) is 5.10 Å². The van der Waals surface area contributed by atoms with Crippen LogP contribution in [-0.2, 0) is 23.0 Å². The Bertz CT molecular complexity index is 434. The summed E-state index contributed by atoms with van der Waals surface area (Å²) in [5.74, 6) is 0.329. The molecule has 0 aromatic carbocycles. The van der Waals surface area contributed by atoms with Gasteiger partial charge in [-0.3, -0.25) is 4.68 Å². The number of sulfonamides is 1. The van der Waals surface area contributed by atoms with Gasteiger partial charge in [0.1, 0.15) is 0 Å². The fourth-order valence-corrected chi connectivity index (χ4v) is 2.04. The Morgan fingerprint density at radius 2 is 2.13 bits per heavy atom. The van der Waals surface area contributed by atoms with Crippen LogP contribution in [0.5, 0.6) is 0 Å². The Morgan fingerprint density at radius 1 is 1.53 bits per heavy atom. The van der Waals surface area contributed by atoms with E-state index in [1.807, 2.05) is 20.8 Å². The Hall–Kier alpha value is -0.880. The van der Waals surface area contributed by atoms with Crippen LogP contribution in [0.15, 0.2) is 11.1 Å². The minimum Gasteiger partial charge on any atom is -0.252 e. The number of aromatic nitrogens is 2. The average molecular weight is 231 g/mol. The molecule has 0 spiro atoms. The van der Waals surface area contributed by atoms with Gasteiger partial charge in [-0.25, -0.2) is 13.6 Å². The second-order valence-electron chi connectivity index (χ2n) is 3.95. The number of nitrogens with two attached hydrogens (primary N) is 1. The molecule has 0 aliphatic heterocycles. The molecule has 1 aromatic rings. The number of nitrogens with zero attached hydrogens (tertiary/aromatic N) is 2. The molecule has 6 heteroatoms. The molecule has 0 unspecified atom stereocenters. The number of primary sulfonamides is 1. The van der Waals surface area contributed by atoms with E-state index in [0.717, 1.165) is 5.69 Å². The first-order valence-electron chi connectivity index (χ1n) is 4.94. The molecule has 1 rings (SSSR count). The Kier molecular flexibility index (Phi) is 3.51. The number of hydrogen-bond donors (Lipinski definition) is 1. The summed E-state index contributed by atoms with van der Waals surface area (Å²) in [5, 5.41) is 9.41. The zero-order valence-electron chi connectivity index (χ0n) is 9.27. The molecule has 1 aromatic heterocycles. The topological polar surface area (TPSA) is 78.0 Å². The van der Waals surface area contributed by atoms with Crippen LogP contribution in [0.3, 0.4) is 0 Å². The molecule has 5 nitrogen and oxygen atoms in total. The van der Waals surface area contributed by atoms with Gasteiger partial charge in [0.05, 0.1) is 5.69 Å². The highest BCUT2D eigenvalue weighted by Crippen LogP contribution is 2.12. The molecule has 1 heterocycles. The van der Waals surface area contributed by atoms with Crippen molar-refractivity contribution in [2.24, 2.45) is 11.1 Å². The molecule has 0 bridgehead atoms. The van der Waals surface area contributed by atoms with E-state index in [2.05, 4.69) is 5.10 Å². The molecular formula is C9H17N3O2S. The van der Waals surface area contributed by atoms with E-state index in [-0.39, 0.29) is 5.03 Å². The standard InChI is InChI=1S/C9H17N3O2S/c1-4-8-5-9(15(10,13)14)12(11-8)6-7(2)3/h5,7H,4,6H2,1-3H3,(H2,10,13,14). The highest BCUT2D eigenvalue weighted by atomic mass is 32.2. The zero-order valence-corrected chi connectivity index (χ0v) is 10.1. The number of rotatable bonds is 4. The normalized spacial score (nSPS) is 12.3. The maximum Gasteiger partial charge on any atom is 0.255 e. The van der Waals surface area contributed by atoms with Crippen LogP contribution in [-0.4, -0.2) is 18.2 Å². The average Bonchev–Trinajstić information content (AvgIpc) is 2.45. The predicted molar refractivity (Wildman–Crippen MR) is 57.8 cm³/mol. The molecule has 0 aliphatic rings. The van der Waals surface area contributed by atoms with Gasteiger partial charge in [0.2, 0.25) is 0 Å². The summed E-state index contributed by atoms with van der Waals surface area (Å²) in [6.45, 7) is 6.49. The molecule has 0 amide bonds. The summed E-state index contributed by atoms with van der Waals surface area (Å²) in [7, 11) is -3.67. The summed E-state index contributed by atoms with van der Waals surface area (Å²) < 4.78 is 24.0. The van der Waals surface area contributed by atoms with Crippen molar-refractivity contribution in [1.82, 2.24) is 9.78 Å². The molecule has 86 valence electrons. The smallest absolute Gasteiger partial charge is 0.252 e. The Balaban J connectivity index is 3.18. The lowest BCUT2D eigenvalue weighted by Crippen LogP contribution is -2.19. The van der Waals surface area contributed by atoms with Crippen LogP contribution in [0.1, 0.15) is 26.5 Å². The van der Waals surface area contributed by atoms with Gasteiger partial charge in [0.25, 0.3) is 10.0 Å². The summed E-state index contributed by atoms with van der Waals surface area (Å²) in [6, 6.07) is 1.54. The van der Waals surface area contributed by atoms with Crippen molar-refractivity contribution in [3.8, 4) is 0 Å². The van der Waals surface area contributed by atoms with E-state index < -0.39 is 10.0 Å². The van der Waals surface area contributed by atoms with Crippen molar-refractivity contribution < 1.29 is 8.42 Å². The summed E-state index contributed by atoms with van der Waals surface area (Å²) >= 11 is 0. The molecule has 0 aliphatic carbocycles. The third-order valence-corrected chi connectivity index (χ3v) is 2.90. The van der Waals surface area contributed by atoms with Gasteiger partial charge in [-0.1, -0.05) is 20.8 Å². The van der Waals surface area contributed by atoms with Crippen molar-refractivity contribution in [2.75, 3.05) is 0 Å². The van der Waals surface area contributed by atoms with Crippen molar-refractivity contribution in [1.29, 1.82) is 0 Å². The first-order valence-corrected chi connectivity index (χ1v) is 6.48. The van der Waals surface area contributed by atoms with E-state index in [0.29, 0.717) is 18.9 Å². The SMILES string of the molecule is CCc1cc(S(N)(=O)=O)n(CC(C)C)n1. The maximum absolute atomic E-state index is 11.3. The largest absolute Gasteiger partial charge is 0.255 e. The summed E-state index contributed by atoms with van der Waals surface area (Å²) in [5.41, 5.74) is 0.750. The van der Waals surface area contributed by atoms with E-state index in [4.69, 9.17) is 5.14 Å². The third kappa shape index (κ3) is 3.04.